The lowest BCUT2D eigenvalue weighted by atomic mass is 10.2. The average Bonchev–Trinajstić information content (AvgIpc) is 2.38. The molecule has 0 bridgehead atoms. The van der Waals surface area contributed by atoms with Crippen LogP contribution in [0.1, 0.15) is 12.5 Å². The number of aliphatic hydroxyl groups excluding tert-OH is 1. The summed E-state index contributed by atoms with van der Waals surface area (Å²) in [5.41, 5.74) is 6.07. The van der Waals surface area contributed by atoms with Gasteiger partial charge in [-0.15, -0.1) is 0 Å². The van der Waals surface area contributed by atoms with Crippen LogP contribution < -0.4 is 10.5 Å². The lowest BCUT2D eigenvalue weighted by Gasteiger charge is -2.09. The van der Waals surface area contributed by atoms with Gasteiger partial charge in [-0.1, -0.05) is 6.92 Å². The second kappa shape index (κ2) is 8.00. The maximum absolute atomic E-state index is 8.87. The summed E-state index contributed by atoms with van der Waals surface area (Å²) in [6, 6.07) is 7.19. The van der Waals surface area contributed by atoms with Gasteiger partial charge in [0.25, 0.3) is 0 Å². The van der Waals surface area contributed by atoms with Crippen molar-refractivity contribution in [3.05, 3.63) is 29.8 Å². The first-order chi connectivity index (χ1) is 8.63. The van der Waals surface area contributed by atoms with Gasteiger partial charge in [0.2, 0.25) is 0 Å². The number of nitrogen functional groups attached to an aromatic ring is 1. The summed E-state index contributed by atoms with van der Waals surface area (Å²) < 4.78 is 5.56. The van der Waals surface area contributed by atoms with Gasteiger partial charge < -0.3 is 15.6 Å². The summed E-state index contributed by atoms with van der Waals surface area (Å²) in [6.45, 7) is 2.90. The van der Waals surface area contributed by atoms with E-state index in [1.54, 1.807) is 23.9 Å². The van der Waals surface area contributed by atoms with E-state index in [1.807, 2.05) is 19.1 Å². The van der Waals surface area contributed by atoms with Gasteiger partial charge in [-0.3, -0.25) is 5.41 Å². The summed E-state index contributed by atoms with van der Waals surface area (Å²) in [4.78, 5) is 0. The fourth-order valence-corrected chi connectivity index (χ4v) is 2.16. The number of hydrogen-bond donors (Lipinski definition) is 3. The Morgan fingerprint density at radius 3 is 2.67 bits per heavy atom. The third-order valence-electron chi connectivity index (χ3n) is 2.38. The van der Waals surface area contributed by atoms with E-state index in [9.17, 15) is 0 Å². The number of nitrogens with two attached hydrogens (primary N) is 1. The fourth-order valence-electron chi connectivity index (χ4n) is 1.29. The first-order valence-electron chi connectivity index (χ1n) is 5.89. The molecule has 5 heteroatoms. The van der Waals surface area contributed by atoms with Crippen molar-refractivity contribution < 1.29 is 9.84 Å². The Hall–Kier alpha value is -1.20. The third kappa shape index (κ3) is 5.42. The normalized spacial score (nSPS) is 12.1. The Bertz CT molecular complexity index is 368. The minimum Gasteiger partial charge on any atom is -0.493 e. The predicted octanol–water partition coefficient (Wildman–Crippen LogP) is 1.71. The number of aliphatic hydroxyl groups is 1. The summed E-state index contributed by atoms with van der Waals surface area (Å²) in [6.07, 6.45) is 0. The zero-order chi connectivity index (χ0) is 13.4. The number of ether oxygens (including phenoxy) is 1. The lowest BCUT2D eigenvalue weighted by molar-refractivity contribution is 0.250. The van der Waals surface area contributed by atoms with Crippen molar-refractivity contribution in [2.24, 2.45) is 11.7 Å². The first-order valence-corrected chi connectivity index (χ1v) is 7.04. The number of rotatable bonds is 8. The van der Waals surface area contributed by atoms with Crippen LogP contribution in [-0.2, 0) is 0 Å². The van der Waals surface area contributed by atoms with Crippen molar-refractivity contribution in [3.8, 4) is 5.75 Å². The minimum atomic E-state index is 0.0649. The Kier molecular flexibility index (Phi) is 6.60. The van der Waals surface area contributed by atoms with E-state index >= 15 is 0 Å². The van der Waals surface area contributed by atoms with Gasteiger partial charge in [-0.2, -0.15) is 11.8 Å². The van der Waals surface area contributed by atoms with Crippen molar-refractivity contribution >= 4 is 17.6 Å². The maximum atomic E-state index is 8.87. The largest absolute Gasteiger partial charge is 0.493 e. The molecule has 0 amide bonds. The molecule has 1 rings (SSSR count). The average molecular weight is 268 g/mol. The third-order valence-corrected chi connectivity index (χ3v) is 3.64. The Labute approximate surface area is 112 Å². The highest BCUT2D eigenvalue weighted by molar-refractivity contribution is 7.99. The highest BCUT2D eigenvalue weighted by Gasteiger charge is 2.00. The summed E-state index contributed by atoms with van der Waals surface area (Å²) >= 11 is 1.77. The number of thioether (sulfide) groups is 1. The first kappa shape index (κ1) is 14.9. The quantitative estimate of drug-likeness (QED) is 0.381. The molecule has 1 atom stereocenters. The van der Waals surface area contributed by atoms with Gasteiger partial charge in [0.15, 0.2) is 0 Å². The van der Waals surface area contributed by atoms with E-state index in [1.165, 1.54) is 0 Å². The standard InChI is InChI=1S/C13H20N2O2S/c1-10(8-16)9-18-7-6-17-12-4-2-11(3-5-12)13(14)15/h2-5,10,16H,6-9H2,1H3,(H3,14,15). The molecule has 0 aliphatic heterocycles. The van der Waals surface area contributed by atoms with Crippen molar-refractivity contribution in [2.75, 3.05) is 24.7 Å². The van der Waals surface area contributed by atoms with E-state index in [4.69, 9.17) is 21.0 Å². The van der Waals surface area contributed by atoms with Crippen LogP contribution in [0.3, 0.4) is 0 Å². The lowest BCUT2D eigenvalue weighted by Crippen LogP contribution is -2.10. The number of nitrogens with one attached hydrogen (secondary N) is 1. The van der Waals surface area contributed by atoms with Crippen LogP contribution in [0.25, 0.3) is 0 Å². The van der Waals surface area contributed by atoms with Crippen LogP contribution in [0.4, 0.5) is 0 Å². The van der Waals surface area contributed by atoms with E-state index in [2.05, 4.69) is 0 Å². The van der Waals surface area contributed by atoms with Gasteiger partial charge in [0, 0.05) is 17.9 Å². The van der Waals surface area contributed by atoms with E-state index < -0.39 is 0 Å². The molecule has 0 saturated heterocycles. The topological polar surface area (TPSA) is 79.3 Å². The fraction of sp³-hybridized carbons (Fsp3) is 0.462. The number of amidine groups is 1. The summed E-state index contributed by atoms with van der Waals surface area (Å²) in [5.74, 6) is 3.04. The highest BCUT2D eigenvalue weighted by Crippen LogP contribution is 2.13. The molecule has 1 aromatic rings. The molecule has 0 fully saturated rings. The molecule has 0 saturated carbocycles. The van der Waals surface area contributed by atoms with E-state index in [0.29, 0.717) is 18.1 Å². The zero-order valence-electron chi connectivity index (χ0n) is 10.6. The summed E-state index contributed by atoms with van der Waals surface area (Å²) in [5, 5.41) is 16.1. The molecule has 0 spiro atoms. The van der Waals surface area contributed by atoms with Gasteiger partial charge >= 0.3 is 0 Å². The maximum Gasteiger partial charge on any atom is 0.122 e. The molecular formula is C13H20N2O2S. The van der Waals surface area contributed by atoms with Crippen LogP contribution in [0, 0.1) is 11.3 Å². The molecule has 0 heterocycles. The molecule has 0 aliphatic carbocycles. The molecular weight excluding hydrogens is 248 g/mol. The van der Waals surface area contributed by atoms with E-state index in [0.717, 1.165) is 17.3 Å². The van der Waals surface area contributed by atoms with Crippen LogP contribution in [-0.4, -0.2) is 35.7 Å². The zero-order valence-corrected chi connectivity index (χ0v) is 11.4. The van der Waals surface area contributed by atoms with Crippen LogP contribution >= 0.6 is 11.8 Å². The Balaban J connectivity index is 2.21. The summed E-state index contributed by atoms with van der Waals surface area (Å²) in [7, 11) is 0. The molecule has 18 heavy (non-hydrogen) atoms. The minimum absolute atomic E-state index is 0.0649. The smallest absolute Gasteiger partial charge is 0.122 e. The molecule has 1 unspecified atom stereocenters. The van der Waals surface area contributed by atoms with Gasteiger partial charge in [0.1, 0.15) is 11.6 Å². The molecule has 4 N–H and O–H groups in total. The van der Waals surface area contributed by atoms with Gasteiger partial charge in [0.05, 0.1) is 6.61 Å². The molecule has 1 aromatic carbocycles. The molecule has 0 aliphatic rings. The predicted molar refractivity (Wildman–Crippen MR) is 76.5 cm³/mol. The van der Waals surface area contributed by atoms with Crippen LogP contribution in [0.2, 0.25) is 0 Å². The van der Waals surface area contributed by atoms with Crippen LogP contribution in [0.5, 0.6) is 5.75 Å². The second-order valence-electron chi connectivity index (χ2n) is 4.15. The van der Waals surface area contributed by atoms with Crippen molar-refractivity contribution in [1.82, 2.24) is 0 Å². The van der Waals surface area contributed by atoms with Gasteiger partial charge in [-0.05, 0) is 35.9 Å². The number of benzene rings is 1. The van der Waals surface area contributed by atoms with Crippen molar-refractivity contribution in [1.29, 1.82) is 5.41 Å². The second-order valence-corrected chi connectivity index (χ2v) is 5.30. The monoisotopic (exact) mass is 268 g/mol. The molecule has 4 nitrogen and oxygen atoms in total. The van der Waals surface area contributed by atoms with Crippen molar-refractivity contribution in [2.45, 2.75) is 6.92 Å². The molecule has 100 valence electrons. The number of hydrogen-bond acceptors (Lipinski definition) is 4. The van der Waals surface area contributed by atoms with Crippen molar-refractivity contribution in [3.63, 3.8) is 0 Å². The molecule has 0 radical (unpaired) electrons. The Morgan fingerprint density at radius 2 is 2.11 bits per heavy atom. The Morgan fingerprint density at radius 1 is 1.44 bits per heavy atom. The van der Waals surface area contributed by atoms with Crippen LogP contribution in [0.15, 0.2) is 24.3 Å². The van der Waals surface area contributed by atoms with E-state index in [-0.39, 0.29) is 12.4 Å². The SMILES string of the molecule is CC(CO)CSCCOc1ccc(C(=N)N)cc1. The highest BCUT2D eigenvalue weighted by atomic mass is 32.2. The molecule has 0 aromatic heterocycles. The van der Waals surface area contributed by atoms with Gasteiger partial charge in [-0.25, -0.2) is 0 Å².